The fraction of sp³-hybridized carbons (Fsp3) is 0.333. The van der Waals surface area contributed by atoms with E-state index in [1.807, 2.05) is 23.1 Å². The molecular formula is C21H22N2O4. The second kappa shape index (κ2) is 6.95. The standard InChI is InChI=1S/C21H22N2O4/c1-26-17-10-15(11-18(12-17)27-2)20(24)22-16-5-6-19-14(9-16)7-8-23(19)21(25)13-3-4-13/h5-6,9-13H,3-4,7-8H2,1-2H3,(H,22,24). The molecule has 1 saturated carbocycles. The molecule has 0 atom stereocenters. The van der Waals surface area contributed by atoms with Gasteiger partial charge in [-0.15, -0.1) is 0 Å². The summed E-state index contributed by atoms with van der Waals surface area (Å²) in [4.78, 5) is 26.9. The molecule has 6 heteroatoms. The fourth-order valence-electron chi connectivity index (χ4n) is 3.40. The molecule has 0 saturated heterocycles. The highest BCUT2D eigenvalue weighted by Crippen LogP contribution is 2.37. The number of amides is 2. The zero-order valence-electron chi connectivity index (χ0n) is 15.5. The van der Waals surface area contributed by atoms with Crippen molar-refractivity contribution in [3.8, 4) is 11.5 Å². The van der Waals surface area contributed by atoms with Gasteiger partial charge in [-0.25, -0.2) is 0 Å². The van der Waals surface area contributed by atoms with Gasteiger partial charge >= 0.3 is 0 Å². The number of ether oxygens (including phenoxy) is 2. The molecule has 2 aliphatic rings. The highest BCUT2D eigenvalue weighted by atomic mass is 16.5. The third kappa shape index (κ3) is 3.47. The van der Waals surface area contributed by atoms with Crippen LogP contribution >= 0.6 is 0 Å². The molecule has 140 valence electrons. The Hall–Kier alpha value is -3.02. The van der Waals surface area contributed by atoms with Gasteiger partial charge in [0.2, 0.25) is 5.91 Å². The molecule has 1 aliphatic carbocycles. The van der Waals surface area contributed by atoms with Gasteiger partial charge in [0.15, 0.2) is 0 Å². The van der Waals surface area contributed by atoms with E-state index in [1.54, 1.807) is 32.4 Å². The number of carbonyl (C=O) groups excluding carboxylic acids is 2. The summed E-state index contributed by atoms with van der Waals surface area (Å²) in [6, 6.07) is 10.8. The maximum Gasteiger partial charge on any atom is 0.255 e. The van der Waals surface area contributed by atoms with E-state index >= 15 is 0 Å². The fourth-order valence-corrected chi connectivity index (χ4v) is 3.40. The number of nitrogens with one attached hydrogen (secondary N) is 1. The van der Waals surface area contributed by atoms with Crippen LogP contribution in [-0.4, -0.2) is 32.6 Å². The minimum Gasteiger partial charge on any atom is -0.497 e. The van der Waals surface area contributed by atoms with Crippen LogP contribution in [0.3, 0.4) is 0 Å². The van der Waals surface area contributed by atoms with Crippen molar-refractivity contribution >= 4 is 23.2 Å². The third-order valence-corrected chi connectivity index (χ3v) is 5.04. The molecule has 4 rings (SSSR count). The van der Waals surface area contributed by atoms with Crippen molar-refractivity contribution in [1.29, 1.82) is 0 Å². The summed E-state index contributed by atoms with van der Waals surface area (Å²) < 4.78 is 10.4. The highest BCUT2D eigenvalue weighted by Gasteiger charge is 2.36. The highest BCUT2D eigenvalue weighted by molar-refractivity contribution is 6.05. The molecule has 0 bridgehead atoms. The Labute approximate surface area is 158 Å². The summed E-state index contributed by atoms with van der Waals surface area (Å²) in [6.45, 7) is 0.717. The van der Waals surface area contributed by atoms with Gasteiger partial charge in [0, 0.05) is 35.5 Å². The van der Waals surface area contributed by atoms with Crippen molar-refractivity contribution < 1.29 is 19.1 Å². The lowest BCUT2D eigenvalue weighted by atomic mass is 10.1. The van der Waals surface area contributed by atoms with Crippen LogP contribution in [0.5, 0.6) is 11.5 Å². The summed E-state index contributed by atoms with van der Waals surface area (Å²) in [5.41, 5.74) is 3.22. The first-order valence-corrected chi connectivity index (χ1v) is 9.08. The van der Waals surface area contributed by atoms with Crippen LogP contribution in [0.1, 0.15) is 28.8 Å². The van der Waals surface area contributed by atoms with Gasteiger partial charge in [0.1, 0.15) is 11.5 Å². The van der Waals surface area contributed by atoms with Crippen molar-refractivity contribution in [2.45, 2.75) is 19.3 Å². The molecule has 1 heterocycles. The van der Waals surface area contributed by atoms with E-state index in [0.29, 0.717) is 22.7 Å². The zero-order valence-corrected chi connectivity index (χ0v) is 15.5. The number of fused-ring (bicyclic) bond motifs is 1. The number of hydrogen-bond donors (Lipinski definition) is 1. The SMILES string of the molecule is COc1cc(OC)cc(C(=O)Nc2ccc3c(c2)CCN3C(=O)C2CC2)c1. The number of benzene rings is 2. The van der Waals surface area contributed by atoms with Crippen LogP contribution in [-0.2, 0) is 11.2 Å². The summed E-state index contributed by atoms with van der Waals surface area (Å²) in [6.07, 6.45) is 2.82. The van der Waals surface area contributed by atoms with Gasteiger partial charge in [-0.2, -0.15) is 0 Å². The molecule has 6 nitrogen and oxygen atoms in total. The second-order valence-corrected chi connectivity index (χ2v) is 6.91. The van der Waals surface area contributed by atoms with Crippen molar-refractivity contribution in [3.05, 3.63) is 47.5 Å². The van der Waals surface area contributed by atoms with Gasteiger partial charge in [-0.3, -0.25) is 9.59 Å². The summed E-state index contributed by atoms with van der Waals surface area (Å²) >= 11 is 0. The minimum absolute atomic E-state index is 0.207. The normalized spacial score (nSPS) is 15.3. The first-order valence-electron chi connectivity index (χ1n) is 9.08. The van der Waals surface area contributed by atoms with Crippen LogP contribution in [0.15, 0.2) is 36.4 Å². The zero-order chi connectivity index (χ0) is 19.0. The second-order valence-electron chi connectivity index (χ2n) is 6.91. The molecule has 1 fully saturated rings. The van der Waals surface area contributed by atoms with Gasteiger partial charge in [-0.05, 0) is 55.2 Å². The molecule has 0 spiro atoms. The van der Waals surface area contributed by atoms with Crippen LogP contribution in [0.25, 0.3) is 0 Å². The monoisotopic (exact) mass is 366 g/mol. The molecule has 2 aromatic carbocycles. The quantitative estimate of drug-likeness (QED) is 0.882. The predicted molar refractivity (Wildman–Crippen MR) is 103 cm³/mol. The average Bonchev–Trinajstić information content (AvgIpc) is 3.46. The number of nitrogens with zero attached hydrogens (tertiary/aromatic N) is 1. The Bertz CT molecular complexity index is 883. The number of rotatable bonds is 5. The largest absolute Gasteiger partial charge is 0.497 e. The van der Waals surface area contributed by atoms with Crippen LogP contribution in [0.2, 0.25) is 0 Å². The van der Waals surface area contributed by atoms with E-state index < -0.39 is 0 Å². The minimum atomic E-state index is -0.240. The van der Waals surface area contributed by atoms with Crippen LogP contribution in [0.4, 0.5) is 11.4 Å². The van der Waals surface area contributed by atoms with E-state index in [4.69, 9.17) is 9.47 Å². The third-order valence-electron chi connectivity index (χ3n) is 5.04. The first kappa shape index (κ1) is 17.4. The molecule has 2 aromatic rings. The van der Waals surface area contributed by atoms with E-state index in [1.165, 1.54) is 0 Å². The summed E-state index contributed by atoms with van der Waals surface area (Å²) in [5, 5.41) is 2.92. The Kier molecular flexibility index (Phi) is 4.48. The molecule has 0 unspecified atom stereocenters. The lowest BCUT2D eigenvalue weighted by Crippen LogP contribution is -2.30. The maximum absolute atomic E-state index is 12.6. The molecule has 27 heavy (non-hydrogen) atoms. The van der Waals surface area contributed by atoms with E-state index in [9.17, 15) is 9.59 Å². The Morgan fingerprint density at radius 1 is 1.04 bits per heavy atom. The first-order chi connectivity index (χ1) is 13.1. The van der Waals surface area contributed by atoms with Gasteiger partial charge < -0.3 is 19.7 Å². The number of methoxy groups -OCH3 is 2. The Balaban J connectivity index is 1.52. The molecule has 1 aliphatic heterocycles. The molecule has 2 amide bonds. The Morgan fingerprint density at radius 2 is 1.74 bits per heavy atom. The van der Waals surface area contributed by atoms with E-state index in [0.717, 1.165) is 37.1 Å². The van der Waals surface area contributed by atoms with Crippen LogP contribution < -0.4 is 19.7 Å². The van der Waals surface area contributed by atoms with Gasteiger partial charge in [-0.1, -0.05) is 0 Å². The smallest absolute Gasteiger partial charge is 0.255 e. The Morgan fingerprint density at radius 3 is 2.37 bits per heavy atom. The average molecular weight is 366 g/mol. The topological polar surface area (TPSA) is 67.9 Å². The summed E-state index contributed by atoms with van der Waals surface area (Å²) in [7, 11) is 3.09. The molecule has 0 radical (unpaired) electrons. The van der Waals surface area contributed by atoms with Crippen molar-refractivity contribution in [1.82, 2.24) is 0 Å². The molecule has 0 aromatic heterocycles. The van der Waals surface area contributed by atoms with Crippen LogP contribution in [0, 0.1) is 5.92 Å². The molecule has 1 N–H and O–H groups in total. The number of carbonyl (C=O) groups is 2. The summed E-state index contributed by atoms with van der Waals surface area (Å²) in [5.74, 6) is 1.31. The lowest BCUT2D eigenvalue weighted by Gasteiger charge is -2.17. The number of hydrogen-bond acceptors (Lipinski definition) is 4. The van der Waals surface area contributed by atoms with E-state index in [-0.39, 0.29) is 17.7 Å². The van der Waals surface area contributed by atoms with Crippen molar-refractivity contribution in [2.24, 2.45) is 5.92 Å². The maximum atomic E-state index is 12.6. The molecular weight excluding hydrogens is 344 g/mol. The number of anilines is 2. The van der Waals surface area contributed by atoms with Gasteiger partial charge in [0.05, 0.1) is 14.2 Å². The van der Waals surface area contributed by atoms with Crippen molar-refractivity contribution in [2.75, 3.05) is 31.0 Å². The predicted octanol–water partition coefficient (Wildman–Crippen LogP) is 3.26. The van der Waals surface area contributed by atoms with Crippen molar-refractivity contribution in [3.63, 3.8) is 0 Å². The lowest BCUT2D eigenvalue weighted by molar-refractivity contribution is -0.119. The van der Waals surface area contributed by atoms with E-state index in [2.05, 4.69) is 5.32 Å². The van der Waals surface area contributed by atoms with Gasteiger partial charge in [0.25, 0.3) is 5.91 Å².